The highest BCUT2D eigenvalue weighted by Gasteiger charge is 2.16. The summed E-state index contributed by atoms with van der Waals surface area (Å²) in [7, 11) is 0. The number of anilines is 3. The van der Waals surface area contributed by atoms with Crippen LogP contribution in [0, 0.1) is 0 Å². The molecular formula is C78H55N. The average molecular weight is 1010 g/mol. The summed E-state index contributed by atoms with van der Waals surface area (Å²) < 4.78 is 0. The second-order valence-electron chi connectivity index (χ2n) is 20.2. The molecule has 0 spiro atoms. The van der Waals surface area contributed by atoms with Gasteiger partial charge in [0.05, 0.1) is 0 Å². The number of hydrogen-bond donors (Lipinski definition) is 0. The van der Waals surface area contributed by atoms with Gasteiger partial charge in [-0.15, -0.1) is 0 Å². The molecule has 13 aromatic carbocycles. The number of benzene rings is 13. The van der Waals surface area contributed by atoms with Crippen molar-refractivity contribution >= 4 is 17.1 Å². The zero-order chi connectivity index (χ0) is 52.7. The molecule has 0 heterocycles. The van der Waals surface area contributed by atoms with E-state index in [2.05, 4.69) is 339 Å². The summed E-state index contributed by atoms with van der Waals surface area (Å²) in [6.07, 6.45) is 0. The van der Waals surface area contributed by atoms with Crippen LogP contribution in [0.1, 0.15) is 0 Å². The molecule has 372 valence electrons. The van der Waals surface area contributed by atoms with Crippen LogP contribution in [-0.4, -0.2) is 0 Å². The molecule has 13 aromatic rings. The first-order valence-electron chi connectivity index (χ1n) is 27.1. The summed E-state index contributed by atoms with van der Waals surface area (Å²) in [6.45, 7) is 0. The first-order chi connectivity index (χ1) is 39.1. The fourth-order valence-corrected chi connectivity index (χ4v) is 10.9. The molecule has 0 amide bonds. The highest BCUT2D eigenvalue weighted by atomic mass is 15.1. The molecular weight excluding hydrogens is 951 g/mol. The van der Waals surface area contributed by atoms with Gasteiger partial charge in [0.2, 0.25) is 0 Å². The van der Waals surface area contributed by atoms with Gasteiger partial charge < -0.3 is 4.90 Å². The van der Waals surface area contributed by atoms with Crippen LogP contribution in [0.4, 0.5) is 17.1 Å². The molecule has 0 aliphatic heterocycles. The van der Waals surface area contributed by atoms with Gasteiger partial charge in [-0.25, -0.2) is 0 Å². The number of hydrogen-bond acceptors (Lipinski definition) is 1. The Labute approximate surface area is 464 Å². The molecule has 0 aromatic heterocycles. The van der Waals surface area contributed by atoms with Crippen LogP contribution in [0.25, 0.3) is 111 Å². The topological polar surface area (TPSA) is 3.24 Å². The second-order valence-corrected chi connectivity index (χ2v) is 20.2. The fourth-order valence-electron chi connectivity index (χ4n) is 10.9. The van der Waals surface area contributed by atoms with Gasteiger partial charge in [-0.05, 0) is 208 Å². The summed E-state index contributed by atoms with van der Waals surface area (Å²) in [5, 5.41) is 0. The average Bonchev–Trinajstić information content (AvgIpc) is 3.57. The van der Waals surface area contributed by atoms with E-state index in [0.717, 1.165) is 39.3 Å². The Hall–Kier alpha value is -10.3. The summed E-state index contributed by atoms with van der Waals surface area (Å²) in [4.78, 5) is 2.35. The van der Waals surface area contributed by atoms with E-state index in [-0.39, 0.29) is 0 Å². The van der Waals surface area contributed by atoms with Crippen molar-refractivity contribution in [1.82, 2.24) is 0 Å². The van der Waals surface area contributed by atoms with Crippen LogP contribution < -0.4 is 4.90 Å². The normalized spacial score (nSPS) is 11.0. The van der Waals surface area contributed by atoms with Crippen molar-refractivity contribution < 1.29 is 0 Å². The maximum atomic E-state index is 2.35. The van der Waals surface area contributed by atoms with Crippen LogP contribution in [0.15, 0.2) is 334 Å². The van der Waals surface area contributed by atoms with Gasteiger partial charge in [0, 0.05) is 17.1 Å². The molecule has 0 radical (unpaired) electrons. The monoisotopic (exact) mass is 1010 g/mol. The maximum Gasteiger partial charge on any atom is 0.0462 e. The van der Waals surface area contributed by atoms with Gasteiger partial charge in [0.15, 0.2) is 0 Å². The highest BCUT2D eigenvalue weighted by Crippen LogP contribution is 2.41. The van der Waals surface area contributed by atoms with Crippen molar-refractivity contribution in [3.63, 3.8) is 0 Å². The van der Waals surface area contributed by atoms with E-state index < -0.39 is 0 Å². The van der Waals surface area contributed by atoms with Crippen LogP contribution in [0.5, 0.6) is 0 Å². The molecule has 0 aliphatic carbocycles. The molecule has 0 saturated carbocycles. The standard InChI is InChI=1S/C78H55N/c1-6-20-56(21-7-1)62-28-16-32-66(46-62)72-50-70(51-73(54-72)67-33-17-29-63(47-67)57-22-8-2-9-23-57)60-38-42-77(43-39-60)79(76-36-14-5-15-37-76)78-44-40-61(41-45-78)71-52-74(68-34-18-30-64(48-68)58-24-10-3-11-25-58)55-75(53-71)69-35-19-31-65(49-69)59-26-12-4-13-27-59/h1-55H. The zero-order valence-corrected chi connectivity index (χ0v) is 43.7. The molecule has 0 aliphatic rings. The molecule has 0 unspecified atom stereocenters. The lowest BCUT2D eigenvalue weighted by Gasteiger charge is -2.26. The summed E-state index contributed by atoms with van der Waals surface area (Å²) in [5.41, 5.74) is 26.8. The van der Waals surface area contributed by atoms with Gasteiger partial charge >= 0.3 is 0 Å². The summed E-state index contributed by atoms with van der Waals surface area (Å²) in [6, 6.07) is 121. The van der Waals surface area contributed by atoms with E-state index in [4.69, 9.17) is 0 Å². The van der Waals surface area contributed by atoms with Crippen molar-refractivity contribution in [2.24, 2.45) is 0 Å². The lowest BCUT2D eigenvalue weighted by molar-refractivity contribution is 1.28. The molecule has 13 rings (SSSR count). The van der Waals surface area contributed by atoms with Crippen LogP contribution in [0.2, 0.25) is 0 Å². The third kappa shape index (κ3) is 10.6. The molecule has 0 N–H and O–H groups in total. The largest absolute Gasteiger partial charge is 0.311 e. The van der Waals surface area contributed by atoms with Gasteiger partial charge in [-0.1, -0.05) is 237 Å². The quantitative estimate of drug-likeness (QED) is 0.111. The summed E-state index contributed by atoms with van der Waals surface area (Å²) in [5.74, 6) is 0. The first-order valence-corrected chi connectivity index (χ1v) is 27.1. The van der Waals surface area contributed by atoms with Crippen molar-refractivity contribution in [1.29, 1.82) is 0 Å². The molecule has 0 bridgehead atoms. The molecule has 0 atom stereocenters. The van der Waals surface area contributed by atoms with E-state index in [9.17, 15) is 0 Å². The van der Waals surface area contributed by atoms with Crippen molar-refractivity contribution in [2.75, 3.05) is 4.90 Å². The first kappa shape index (κ1) is 48.3. The predicted octanol–water partition coefficient (Wildman–Crippen LogP) is 21.8. The Morgan fingerprint density at radius 2 is 0.278 bits per heavy atom. The van der Waals surface area contributed by atoms with Gasteiger partial charge in [-0.3, -0.25) is 0 Å². The Morgan fingerprint density at radius 1 is 0.114 bits per heavy atom. The molecule has 79 heavy (non-hydrogen) atoms. The maximum absolute atomic E-state index is 2.35. The Balaban J connectivity index is 0.870. The highest BCUT2D eigenvalue weighted by molar-refractivity contribution is 5.88. The Bertz CT molecular complexity index is 3730. The minimum absolute atomic E-state index is 1.08. The van der Waals surface area contributed by atoms with E-state index in [1.54, 1.807) is 0 Å². The third-order valence-electron chi connectivity index (χ3n) is 15.0. The van der Waals surface area contributed by atoms with Gasteiger partial charge in [0.1, 0.15) is 0 Å². The third-order valence-corrected chi connectivity index (χ3v) is 15.0. The lowest BCUT2D eigenvalue weighted by atomic mass is 9.91. The Kier molecular flexibility index (Phi) is 13.5. The van der Waals surface area contributed by atoms with Gasteiger partial charge in [0.25, 0.3) is 0 Å². The number of nitrogens with zero attached hydrogens (tertiary/aromatic N) is 1. The van der Waals surface area contributed by atoms with Crippen molar-refractivity contribution in [3.8, 4) is 111 Å². The van der Waals surface area contributed by atoms with E-state index in [1.165, 1.54) is 89.0 Å². The second kappa shape index (κ2) is 22.1. The van der Waals surface area contributed by atoms with E-state index in [1.807, 2.05) is 0 Å². The van der Waals surface area contributed by atoms with Crippen molar-refractivity contribution in [2.45, 2.75) is 0 Å². The van der Waals surface area contributed by atoms with Crippen LogP contribution in [-0.2, 0) is 0 Å². The molecule has 1 nitrogen and oxygen atoms in total. The minimum Gasteiger partial charge on any atom is -0.311 e. The lowest BCUT2D eigenvalue weighted by Crippen LogP contribution is -2.09. The number of para-hydroxylation sites is 1. The molecule has 0 fully saturated rings. The summed E-state index contributed by atoms with van der Waals surface area (Å²) >= 11 is 0. The minimum atomic E-state index is 1.08. The van der Waals surface area contributed by atoms with E-state index in [0.29, 0.717) is 0 Å². The van der Waals surface area contributed by atoms with E-state index >= 15 is 0 Å². The molecule has 0 saturated heterocycles. The van der Waals surface area contributed by atoms with Crippen molar-refractivity contribution in [3.05, 3.63) is 334 Å². The number of rotatable bonds is 13. The fraction of sp³-hybridized carbons (Fsp3) is 0. The predicted molar refractivity (Wildman–Crippen MR) is 335 cm³/mol. The smallest absolute Gasteiger partial charge is 0.0462 e. The zero-order valence-electron chi connectivity index (χ0n) is 43.7. The SMILES string of the molecule is c1ccc(-c2cccc(-c3cc(-c4ccc(N(c5ccccc5)c5ccc(-c6cc(-c7cccc(-c8ccccc8)c7)cc(-c7cccc(-c8ccccc8)c7)c6)cc5)cc4)cc(-c4cccc(-c5ccccc5)c4)c3)c2)cc1. The van der Waals surface area contributed by atoms with Gasteiger partial charge in [-0.2, -0.15) is 0 Å². The van der Waals surface area contributed by atoms with Crippen LogP contribution in [0.3, 0.4) is 0 Å². The van der Waals surface area contributed by atoms with Crippen LogP contribution >= 0.6 is 0 Å². The Morgan fingerprint density at radius 3 is 0.532 bits per heavy atom. The molecule has 1 heteroatoms.